The Morgan fingerprint density at radius 1 is 1.24 bits per heavy atom. The molecule has 2 N–H and O–H groups in total. The number of aliphatic hydroxyl groups excluding tert-OH is 1. The lowest BCUT2D eigenvalue weighted by Crippen LogP contribution is -2.57. The van der Waals surface area contributed by atoms with E-state index in [1.807, 2.05) is 13.8 Å². The second kappa shape index (κ2) is 7.59. The summed E-state index contributed by atoms with van der Waals surface area (Å²) in [5, 5.41) is 19.2. The molecule has 2 heterocycles. The first kappa shape index (κ1) is 19.5. The minimum Gasteiger partial charge on any atom is -0.465 e. The molecule has 0 aliphatic carbocycles. The van der Waals surface area contributed by atoms with Gasteiger partial charge in [-0.05, 0) is 25.2 Å². The van der Waals surface area contributed by atoms with Gasteiger partial charge in [-0.15, -0.1) is 0 Å². The number of carboxylic acid groups (broad SMARTS) is 1. The van der Waals surface area contributed by atoms with Crippen molar-refractivity contribution in [2.45, 2.75) is 52.2 Å². The number of likely N-dealkylation sites (tertiary alicyclic amines) is 1. The summed E-state index contributed by atoms with van der Waals surface area (Å²) in [6, 6.07) is -0.679. The number of β-amino-alcohol motifs (C(OH)–C–C–N with tert-alkyl or cyclic N) is 1. The highest BCUT2D eigenvalue weighted by molar-refractivity contribution is 5.86. The molecule has 2 aliphatic heterocycles. The molecule has 2 fully saturated rings. The van der Waals surface area contributed by atoms with E-state index in [9.17, 15) is 19.5 Å². The van der Waals surface area contributed by atoms with Crippen molar-refractivity contribution in [1.82, 2.24) is 14.7 Å². The maximum atomic E-state index is 12.3. The Kier molecular flexibility index (Phi) is 5.92. The third-order valence-electron chi connectivity index (χ3n) is 5.49. The SMILES string of the molecule is CC1C(=O)N(CCCC(=O)N2CCC(C)(C)C(O)C2)CCN1C(=O)O. The van der Waals surface area contributed by atoms with Crippen molar-refractivity contribution >= 4 is 17.9 Å². The van der Waals surface area contributed by atoms with Gasteiger partial charge in [-0.25, -0.2) is 4.79 Å². The Hall–Kier alpha value is -1.83. The van der Waals surface area contributed by atoms with Crippen LogP contribution in [0.3, 0.4) is 0 Å². The number of hydrogen-bond acceptors (Lipinski definition) is 4. The van der Waals surface area contributed by atoms with Gasteiger partial charge in [0.2, 0.25) is 11.8 Å². The van der Waals surface area contributed by atoms with E-state index in [1.54, 1.807) is 16.7 Å². The molecule has 0 radical (unpaired) electrons. The molecule has 2 aliphatic rings. The predicted octanol–water partition coefficient (Wildman–Crippen LogP) is 0.597. The third-order valence-corrected chi connectivity index (χ3v) is 5.49. The lowest BCUT2D eigenvalue weighted by molar-refractivity contribution is -0.141. The number of nitrogens with zero attached hydrogens (tertiary/aromatic N) is 3. The van der Waals surface area contributed by atoms with Crippen molar-refractivity contribution < 1.29 is 24.6 Å². The highest BCUT2D eigenvalue weighted by Gasteiger charge is 2.36. The quantitative estimate of drug-likeness (QED) is 0.769. The number of piperidine rings is 1. The number of carbonyl (C=O) groups is 3. The monoisotopic (exact) mass is 355 g/mol. The Balaban J connectivity index is 1.77. The second-order valence-corrected chi connectivity index (χ2v) is 7.67. The van der Waals surface area contributed by atoms with Gasteiger partial charge in [-0.3, -0.25) is 14.5 Å². The normalized spacial score (nSPS) is 26.7. The highest BCUT2D eigenvalue weighted by Crippen LogP contribution is 2.30. The molecule has 2 rings (SSSR count). The fraction of sp³-hybridized carbons (Fsp3) is 0.824. The van der Waals surface area contributed by atoms with Gasteiger partial charge in [0.15, 0.2) is 0 Å². The molecule has 0 saturated carbocycles. The Morgan fingerprint density at radius 2 is 1.92 bits per heavy atom. The highest BCUT2D eigenvalue weighted by atomic mass is 16.4. The largest absolute Gasteiger partial charge is 0.465 e. The molecular weight excluding hydrogens is 326 g/mol. The van der Waals surface area contributed by atoms with Crippen molar-refractivity contribution in [3.63, 3.8) is 0 Å². The van der Waals surface area contributed by atoms with Crippen LogP contribution in [0.4, 0.5) is 4.79 Å². The first-order chi connectivity index (χ1) is 11.6. The number of hydrogen-bond donors (Lipinski definition) is 2. The molecule has 0 aromatic carbocycles. The minimum atomic E-state index is -1.08. The molecule has 2 atom stereocenters. The van der Waals surface area contributed by atoms with E-state index in [0.717, 1.165) is 11.3 Å². The first-order valence-electron chi connectivity index (χ1n) is 8.87. The van der Waals surface area contributed by atoms with Crippen molar-refractivity contribution in [3.8, 4) is 0 Å². The topological polar surface area (TPSA) is 101 Å². The van der Waals surface area contributed by atoms with E-state index in [1.165, 1.54) is 0 Å². The van der Waals surface area contributed by atoms with Crippen molar-refractivity contribution in [2.75, 3.05) is 32.7 Å². The van der Waals surface area contributed by atoms with Gasteiger partial charge in [0, 0.05) is 39.1 Å². The lowest BCUT2D eigenvalue weighted by Gasteiger charge is -2.41. The average molecular weight is 355 g/mol. The van der Waals surface area contributed by atoms with Crippen LogP contribution in [0.15, 0.2) is 0 Å². The van der Waals surface area contributed by atoms with Crippen LogP contribution in [0.5, 0.6) is 0 Å². The van der Waals surface area contributed by atoms with Gasteiger partial charge in [0.25, 0.3) is 0 Å². The molecule has 8 nitrogen and oxygen atoms in total. The third kappa shape index (κ3) is 4.42. The zero-order chi connectivity index (χ0) is 18.8. The summed E-state index contributed by atoms with van der Waals surface area (Å²) in [6.07, 6.45) is 0.0421. The molecule has 0 spiro atoms. The second-order valence-electron chi connectivity index (χ2n) is 7.67. The first-order valence-corrected chi connectivity index (χ1v) is 8.87. The van der Waals surface area contributed by atoms with Gasteiger partial charge in [-0.1, -0.05) is 13.8 Å². The Labute approximate surface area is 148 Å². The van der Waals surface area contributed by atoms with E-state index in [4.69, 9.17) is 5.11 Å². The number of carbonyl (C=O) groups excluding carboxylic acids is 2. The van der Waals surface area contributed by atoms with Gasteiger partial charge in [0.05, 0.1) is 6.10 Å². The standard InChI is InChI=1S/C17H29N3O5/c1-12-15(23)18(9-10-20(12)16(24)25)7-4-5-14(22)19-8-6-17(2,3)13(21)11-19/h12-13,21H,4-11H2,1-3H3,(H,24,25). The van der Waals surface area contributed by atoms with Crippen molar-refractivity contribution in [2.24, 2.45) is 5.41 Å². The van der Waals surface area contributed by atoms with Gasteiger partial charge in [-0.2, -0.15) is 0 Å². The fourth-order valence-electron chi connectivity index (χ4n) is 3.36. The Morgan fingerprint density at radius 3 is 2.52 bits per heavy atom. The molecule has 3 amide bonds. The summed E-state index contributed by atoms with van der Waals surface area (Å²) in [7, 11) is 0. The van der Waals surface area contributed by atoms with Crippen LogP contribution in [-0.2, 0) is 9.59 Å². The molecule has 0 aromatic heterocycles. The molecular formula is C17H29N3O5. The van der Waals surface area contributed by atoms with E-state index >= 15 is 0 Å². The van der Waals surface area contributed by atoms with Gasteiger partial charge >= 0.3 is 6.09 Å². The lowest BCUT2D eigenvalue weighted by atomic mass is 9.80. The summed E-state index contributed by atoms with van der Waals surface area (Å²) in [5.41, 5.74) is -0.164. The van der Waals surface area contributed by atoms with Gasteiger partial charge in [0.1, 0.15) is 6.04 Å². The smallest absolute Gasteiger partial charge is 0.408 e. The van der Waals surface area contributed by atoms with E-state index in [-0.39, 0.29) is 17.2 Å². The zero-order valence-corrected chi connectivity index (χ0v) is 15.3. The van der Waals surface area contributed by atoms with Crippen LogP contribution in [0.2, 0.25) is 0 Å². The van der Waals surface area contributed by atoms with Crippen LogP contribution in [0.25, 0.3) is 0 Å². The van der Waals surface area contributed by atoms with Crippen LogP contribution in [-0.4, -0.2) is 87.7 Å². The summed E-state index contributed by atoms with van der Waals surface area (Å²) in [6.45, 7) is 7.71. The number of aliphatic hydroxyl groups is 1. The summed E-state index contributed by atoms with van der Waals surface area (Å²) in [5.74, 6) is -0.213. The maximum Gasteiger partial charge on any atom is 0.408 e. The van der Waals surface area contributed by atoms with Crippen molar-refractivity contribution in [1.29, 1.82) is 0 Å². The van der Waals surface area contributed by atoms with Crippen LogP contribution >= 0.6 is 0 Å². The Bertz CT molecular complexity index is 536. The predicted molar refractivity (Wildman–Crippen MR) is 91.0 cm³/mol. The van der Waals surface area contributed by atoms with Crippen molar-refractivity contribution in [3.05, 3.63) is 0 Å². The summed E-state index contributed by atoms with van der Waals surface area (Å²) >= 11 is 0. The van der Waals surface area contributed by atoms with E-state index in [2.05, 4.69) is 0 Å². The molecule has 0 bridgehead atoms. The van der Waals surface area contributed by atoms with E-state index in [0.29, 0.717) is 45.6 Å². The zero-order valence-electron chi connectivity index (χ0n) is 15.3. The maximum absolute atomic E-state index is 12.3. The van der Waals surface area contributed by atoms with Crippen LogP contribution in [0.1, 0.15) is 40.0 Å². The van der Waals surface area contributed by atoms with Crippen LogP contribution < -0.4 is 0 Å². The number of amides is 3. The molecule has 25 heavy (non-hydrogen) atoms. The number of piperazine rings is 1. The average Bonchev–Trinajstić information content (AvgIpc) is 2.53. The number of rotatable bonds is 4. The fourth-order valence-corrected chi connectivity index (χ4v) is 3.36. The summed E-state index contributed by atoms with van der Waals surface area (Å²) < 4.78 is 0. The van der Waals surface area contributed by atoms with Crippen LogP contribution in [0, 0.1) is 5.41 Å². The van der Waals surface area contributed by atoms with Gasteiger partial charge < -0.3 is 20.0 Å². The molecule has 2 unspecified atom stereocenters. The molecule has 142 valence electrons. The molecule has 2 saturated heterocycles. The van der Waals surface area contributed by atoms with E-state index < -0.39 is 18.2 Å². The summed E-state index contributed by atoms with van der Waals surface area (Å²) in [4.78, 5) is 40.1. The molecule has 8 heteroatoms. The molecule has 0 aromatic rings. The minimum absolute atomic E-state index is 0.000723.